The Balaban J connectivity index is 2.46. The molecule has 0 aromatic rings. The molecule has 2 fully saturated rings. The van der Waals surface area contributed by atoms with Crippen LogP contribution in [0.25, 0.3) is 0 Å². The molecule has 1 N–H and O–H groups in total. The first kappa shape index (κ1) is 10.2. The van der Waals surface area contributed by atoms with E-state index in [-0.39, 0.29) is 0 Å². The van der Waals surface area contributed by atoms with Crippen LogP contribution in [0.1, 0.15) is 0 Å². The quantitative estimate of drug-likeness (QED) is 0.414. The summed E-state index contributed by atoms with van der Waals surface area (Å²) in [6.07, 6.45) is -0.999. The fourth-order valence-corrected chi connectivity index (χ4v) is 2.38. The van der Waals surface area contributed by atoms with E-state index in [1.165, 1.54) is 0 Å². The molecule has 2 saturated heterocycles. The third kappa shape index (κ3) is 0.942. The Bertz CT molecular complexity index is 326. The van der Waals surface area contributed by atoms with Gasteiger partial charge in [0.05, 0.1) is 0 Å². The summed E-state index contributed by atoms with van der Waals surface area (Å²) in [5.41, 5.74) is 0. The third-order valence-electron chi connectivity index (χ3n) is 1.91. The van der Waals surface area contributed by atoms with Gasteiger partial charge in [0.1, 0.15) is 0 Å². The van der Waals surface area contributed by atoms with Gasteiger partial charge in [0.15, 0.2) is 6.17 Å². The molecule has 14 heavy (non-hydrogen) atoms. The Labute approximate surface area is 98.5 Å². The molecule has 78 valence electrons. The Kier molecular flexibility index (Phi) is 2.08. The average molecular weight is 280 g/mol. The van der Waals surface area contributed by atoms with Crippen LogP contribution in [0.2, 0.25) is 0 Å². The van der Waals surface area contributed by atoms with Gasteiger partial charge in [-0.05, 0) is 0 Å². The van der Waals surface area contributed by atoms with Gasteiger partial charge in [0, 0.05) is 35.3 Å². The zero-order chi connectivity index (χ0) is 10.7. The number of urea groups is 2. The van der Waals surface area contributed by atoms with Crippen molar-refractivity contribution in [3.05, 3.63) is 0 Å². The van der Waals surface area contributed by atoms with E-state index in [0.29, 0.717) is 13.3 Å². The molecule has 0 radical (unpaired) electrons. The molecular weight excluding hydrogens is 278 g/mol. The topological polar surface area (TPSA) is 55.9 Å². The van der Waals surface area contributed by atoms with E-state index in [1.807, 2.05) is 0 Å². The second-order valence-corrected chi connectivity index (χ2v) is 4.24. The van der Waals surface area contributed by atoms with Crippen LogP contribution in [0.15, 0.2) is 0 Å². The molecule has 2 heterocycles. The lowest BCUT2D eigenvalue weighted by atomic mass is 10.4. The lowest BCUT2D eigenvalue weighted by Gasteiger charge is -2.26. The first-order chi connectivity index (χ1) is 6.40. The van der Waals surface area contributed by atoms with Crippen LogP contribution in [-0.4, -0.2) is 36.6 Å². The van der Waals surface area contributed by atoms with Crippen molar-refractivity contribution in [3.8, 4) is 0 Å². The number of amides is 4. The molecule has 2 aliphatic heterocycles. The van der Waals surface area contributed by atoms with Crippen molar-refractivity contribution in [2.24, 2.45) is 0 Å². The van der Waals surface area contributed by atoms with Gasteiger partial charge >= 0.3 is 12.1 Å². The SMILES string of the molecule is O=C1NC2N(Cl)C(=O)N(Cl)C2(Cl)N1Cl. The summed E-state index contributed by atoms with van der Waals surface area (Å²) >= 11 is 22.6. The van der Waals surface area contributed by atoms with E-state index in [9.17, 15) is 9.59 Å². The fraction of sp³-hybridized carbons (Fsp3) is 0.500. The number of alkyl halides is 1. The number of halogens is 4. The van der Waals surface area contributed by atoms with Crippen molar-refractivity contribution in [3.63, 3.8) is 0 Å². The first-order valence-corrected chi connectivity index (χ1v) is 4.70. The molecule has 10 heteroatoms. The van der Waals surface area contributed by atoms with E-state index in [2.05, 4.69) is 5.32 Å². The fourth-order valence-electron chi connectivity index (χ4n) is 1.23. The zero-order valence-corrected chi connectivity index (χ0v) is 9.27. The summed E-state index contributed by atoms with van der Waals surface area (Å²) in [7, 11) is 0. The standard InChI is InChI=1S/C4H2Cl4N4O2/c5-4-1(9-2(13)11(4)7)10(6)3(14)12(4)8/h1H,(H,9,13). The van der Waals surface area contributed by atoms with E-state index >= 15 is 0 Å². The minimum Gasteiger partial charge on any atom is -0.310 e. The number of hydrogen-bond acceptors (Lipinski definition) is 2. The third-order valence-corrected chi connectivity index (χ3v) is 3.79. The Morgan fingerprint density at radius 1 is 1.21 bits per heavy atom. The second-order valence-electron chi connectivity index (χ2n) is 2.64. The van der Waals surface area contributed by atoms with E-state index in [4.69, 9.17) is 46.9 Å². The molecule has 0 aromatic heterocycles. The van der Waals surface area contributed by atoms with Crippen LogP contribution < -0.4 is 5.32 Å². The summed E-state index contributed by atoms with van der Waals surface area (Å²) in [6.45, 7) is 0. The number of carbonyl (C=O) groups excluding carboxylic acids is 2. The second kappa shape index (κ2) is 2.85. The van der Waals surface area contributed by atoms with Crippen LogP contribution >= 0.6 is 46.9 Å². The molecule has 2 rings (SSSR count). The van der Waals surface area contributed by atoms with Crippen LogP contribution in [-0.2, 0) is 0 Å². The Hall–Kier alpha value is -0.300. The highest BCUT2D eigenvalue weighted by molar-refractivity contribution is 6.41. The molecule has 0 aromatic carbocycles. The maximum Gasteiger partial charge on any atom is 0.354 e. The summed E-state index contributed by atoms with van der Waals surface area (Å²) in [5.74, 6) is 0. The van der Waals surface area contributed by atoms with Crippen molar-refractivity contribution >= 4 is 59.0 Å². The summed E-state index contributed by atoms with van der Waals surface area (Å²) in [6, 6.07) is -1.45. The van der Waals surface area contributed by atoms with Crippen LogP contribution in [0.5, 0.6) is 0 Å². The van der Waals surface area contributed by atoms with Crippen molar-refractivity contribution in [2.75, 3.05) is 0 Å². The molecule has 6 nitrogen and oxygen atoms in total. The minimum absolute atomic E-state index is 0.553. The van der Waals surface area contributed by atoms with E-state index in [0.717, 1.165) is 0 Å². The van der Waals surface area contributed by atoms with Crippen molar-refractivity contribution in [1.82, 2.24) is 18.6 Å². The Morgan fingerprint density at radius 2 is 1.79 bits per heavy atom. The van der Waals surface area contributed by atoms with Crippen molar-refractivity contribution in [1.29, 1.82) is 0 Å². The van der Waals surface area contributed by atoms with E-state index in [1.54, 1.807) is 0 Å². The van der Waals surface area contributed by atoms with Gasteiger partial charge < -0.3 is 5.32 Å². The molecule has 0 aliphatic carbocycles. The predicted molar refractivity (Wildman–Crippen MR) is 49.4 cm³/mol. The average Bonchev–Trinajstić information content (AvgIpc) is 2.47. The number of fused-ring (bicyclic) bond motifs is 1. The molecule has 0 saturated carbocycles. The molecular formula is C4H2Cl4N4O2. The number of hydrogen-bond donors (Lipinski definition) is 1. The molecule has 2 atom stereocenters. The van der Waals surface area contributed by atoms with Gasteiger partial charge in [0.25, 0.3) is 5.12 Å². The lowest BCUT2D eigenvalue weighted by molar-refractivity contribution is 0.196. The van der Waals surface area contributed by atoms with Crippen molar-refractivity contribution in [2.45, 2.75) is 11.3 Å². The maximum atomic E-state index is 11.2. The summed E-state index contributed by atoms with van der Waals surface area (Å²) in [4.78, 5) is 22.4. The van der Waals surface area contributed by atoms with Gasteiger partial charge in [0.2, 0.25) is 0 Å². The van der Waals surface area contributed by atoms with Crippen LogP contribution in [0, 0.1) is 0 Å². The van der Waals surface area contributed by atoms with Gasteiger partial charge in [-0.15, -0.1) is 0 Å². The monoisotopic (exact) mass is 278 g/mol. The normalized spacial score (nSPS) is 36.6. The minimum atomic E-state index is -1.71. The summed E-state index contributed by atoms with van der Waals surface area (Å²) < 4.78 is 1.80. The van der Waals surface area contributed by atoms with Gasteiger partial charge in [-0.2, -0.15) is 8.84 Å². The highest BCUT2D eigenvalue weighted by Gasteiger charge is 2.66. The highest BCUT2D eigenvalue weighted by atomic mass is 35.5. The first-order valence-electron chi connectivity index (χ1n) is 3.31. The highest BCUT2D eigenvalue weighted by Crippen LogP contribution is 2.45. The molecule has 4 amide bonds. The van der Waals surface area contributed by atoms with E-state index < -0.39 is 23.4 Å². The number of carbonyl (C=O) groups is 2. The predicted octanol–water partition coefficient (Wildman–Crippen LogP) is 1.43. The molecule has 0 bridgehead atoms. The van der Waals surface area contributed by atoms with Crippen molar-refractivity contribution < 1.29 is 9.59 Å². The molecule has 0 spiro atoms. The van der Waals surface area contributed by atoms with Gasteiger partial charge in [-0.3, -0.25) is 0 Å². The van der Waals surface area contributed by atoms with Gasteiger partial charge in [-0.1, -0.05) is 11.6 Å². The number of rotatable bonds is 0. The van der Waals surface area contributed by atoms with Crippen LogP contribution in [0.4, 0.5) is 9.59 Å². The number of nitrogens with one attached hydrogen (secondary N) is 1. The molecule has 2 unspecified atom stereocenters. The largest absolute Gasteiger partial charge is 0.354 e. The Morgan fingerprint density at radius 3 is 2.29 bits per heavy atom. The lowest BCUT2D eigenvalue weighted by Crippen LogP contribution is -2.48. The van der Waals surface area contributed by atoms with Gasteiger partial charge in [-0.25, -0.2) is 14.0 Å². The van der Waals surface area contributed by atoms with Crippen LogP contribution in [0.3, 0.4) is 0 Å². The number of nitrogens with zero attached hydrogens (tertiary/aromatic N) is 3. The summed E-state index contributed by atoms with van der Waals surface area (Å²) in [5, 5.41) is 0.578. The maximum absolute atomic E-state index is 11.2. The zero-order valence-electron chi connectivity index (χ0n) is 6.25. The molecule has 2 aliphatic rings. The smallest absolute Gasteiger partial charge is 0.310 e.